The number of anilines is 1. The molecule has 4 aromatic rings. The van der Waals surface area contributed by atoms with Crippen LogP contribution in [0.1, 0.15) is 75.5 Å². The Labute approximate surface area is 382 Å². The van der Waals surface area contributed by atoms with Crippen molar-refractivity contribution >= 4 is 81.5 Å². The molecular weight excluding hydrogens is 925 g/mol. The zero-order valence-electron chi connectivity index (χ0n) is 35.3. The van der Waals surface area contributed by atoms with Crippen LogP contribution in [0.15, 0.2) is 57.9 Å². The number of methoxy groups -OCH3 is 1. The van der Waals surface area contributed by atoms with E-state index in [1.54, 1.807) is 45.1 Å². The summed E-state index contributed by atoms with van der Waals surface area (Å²) in [7, 11) is 1.64. The fourth-order valence-corrected chi connectivity index (χ4v) is 7.34. The first-order valence-electron chi connectivity index (χ1n) is 19.2. The molecule has 0 N–H and O–H groups in total. The van der Waals surface area contributed by atoms with Gasteiger partial charge in [-0.25, -0.2) is 13.8 Å². The van der Waals surface area contributed by atoms with Crippen LogP contribution in [0.25, 0.3) is 5.69 Å². The minimum absolute atomic E-state index is 0.0223. The van der Waals surface area contributed by atoms with Crippen molar-refractivity contribution in [3.8, 4) is 5.69 Å². The van der Waals surface area contributed by atoms with Gasteiger partial charge in [-0.1, -0.05) is 59.9 Å². The lowest BCUT2D eigenvalue weighted by Crippen LogP contribution is -2.45. The van der Waals surface area contributed by atoms with Gasteiger partial charge in [0.25, 0.3) is 5.91 Å². The average Bonchev–Trinajstić information content (AvgIpc) is 3.94. The minimum Gasteiger partial charge on any atom is -0.467 e. The van der Waals surface area contributed by atoms with E-state index in [0.29, 0.717) is 23.6 Å². The maximum Gasteiger partial charge on any atom is 0.355 e. The van der Waals surface area contributed by atoms with E-state index in [2.05, 4.69) is 18.1 Å². The molecule has 1 aliphatic rings. The number of ether oxygens (including phenoxy) is 3. The van der Waals surface area contributed by atoms with Gasteiger partial charge in [-0.05, 0) is 88.9 Å². The Bertz CT molecular complexity index is 2190. The Morgan fingerprint density at radius 2 is 1.74 bits per heavy atom. The second-order valence-electron chi connectivity index (χ2n) is 14.2. The molecule has 0 radical (unpaired) electrons. The van der Waals surface area contributed by atoms with Gasteiger partial charge in [-0.3, -0.25) is 14.4 Å². The normalized spacial score (nSPS) is 15.4. The van der Waals surface area contributed by atoms with Gasteiger partial charge in [0.2, 0.25) is 5.91 Å². The molecule has 2 aromatic heterocycles. The highest BCUT2D eigenvalue weighted by Crippen LogP contribution is 2.37. The minimum atomic E-state index is -3.12. The molecule has 1 fully saturated rings. The molecule has 13 nitrogen and oxygen atoms in total. The maximum absolute atomic E-state index is 14.2. The zero-order chi connectivity index (χ0) is 46.6. The van der Waals surface area contributed by atoms with Crippen LogP contribution in [-0.4, -0.2) is 91.8 Å². The number of para-hydroxylation sites is 1. The van der Waals surface area contributed by atoms with Gasteiger partial charge in [0, 0.05) is 18.6 Å². The van der Waals surface area contributed by atoms with Crippen molar-refractivity contribution in [2.45, 2.75) is 95.9 Å². The molecule has 342 valence electrons. The lowest BCUT2D eigenvalue weighted by atomic mass is 10.0. The number of esters is 1. The summed E-state index contributed by atoms with van der Waals surface area (Å²) >= 11 is 28.9. The molecule has 0 bridgehead atoms. The highest BCUT2D eigenvalue weighted by molar-refractivity contribution is 6.53. The lowest BCUT2D eigenvalue weighted by Gasteiger charge is -2.31. The molecule has 0 saturated carbocycles. The van der Waals surface area contributed by atoms with Gasteiger partial charge in [0.15, 0.2) is 10.7 Å². The molecule has 0 spiro atoms. The van der Waals surface area contributed by atoms with Gasteiger partial charge >= 0.3 is 18.2 Å². The quantitative estimate of drug-likeness (QED) is 0.0895. The maximum atomic E-state index is 14.2. The molecule has 1 aliphatic heterocycles. The Morgan fingerprint density at radius 1 is 1.06 bits per heavy atom. The number of hydrogen-bond donors (Lipinski definition) is 0. The van der Waals surface area contributed by atoms with Gasteiger partial charge < -0.3 is 28.4 Å². The monoisotopic (exact) mass is 971 g/mol. The number of aromatic nitrogens is 3. The first-order chi connectivity index (χ1) is 29.1. The largest absolute Gasteiger partial charge is 0.467 e. The van der Waals surface area contributed by atoms with E-state index in [1.165, 1.54) is 11.8 Å². The Morgan fingerprint density at radius 3 is 2.27 bits per heavy atom. The summed E-state index contributed by atoms with van der Waals surface area (Å²) < 4.78 is 61.7. The zero-order valence-corrected chi connectivity index (χ0v) is 39.1. The number of carbonyl (C=O) groups is 3. The molecule has 3 unspecified atom stereocenters. The average molecular weight is 974 g/mol. The molecule has 2 amide bonds. The van der Waals surface area contributed by atoms with Crippen molar-refractivity contribution in [3.63, 3.8) is 0 Å². The van der Waals surface area contributed by atoms with Crippen LogP contribution in [0.4, 0.5) is 18.9 Å². The van der Waals surface area contributed by atoms with E-state index in [9.17, 15) is 32.3 Å². The Kier molecular flexibility index (Phi) is 20.2. The number of carbonyl (C=O) groups excluding carboxylic acids is 3. The molecule has 3 atom stereocenters. The molecule has 62 heavy (non-hydrogen) atoms. The Balaban J connectivity index is 0.000000255. The topological polar surface area (TPSA) is 138 Å². The molecule has 0 aliphatic carbocycles. The first-order valence-corrected chi connectivity index (χ1v) is 21.4. The van der Waals surface area contributed by atoms with E-state index >= 15 is 0 Å². The number of nitrogens with zero attached hydrogens (tertiary/aromatic N) is 5. The second kappa shape index (κ2) is 23.8. The van der Waals surface area contributed by atoms with Gasteiger partial charge in [-0.2, -0.15) is 13.5 Å². The number of benzene rings is 2. The van der Waals surface area contributed by atoms with Crippen LogP contribution >= 0.6 is 58.0 Å². The van der Waals surface area contributed by atoms with Gasteiger partial charge in [-0.15, -0.1) is 28.3 Å². The van der Waals surface area contributed by atoms with E-state index in [-0.39, 0.29) is 69.5 Å². The van der Waals surface area contributed by atoms with Crippen LogP contribution in [0.5, 0.6) is 0 Å². The molecule has 1 saturated heterocycles. The van der Waals surface area contributed by atoms with Crippen molar-refractivity contribution in [3.05, 3.63) is 98.3 Å². The smallest absolute Gasteiger partial charge is 0.355 e. The number of hydrogen-bond acceptors (Lipinski definition) is 9. The molecule has 21 heteroatoms. The number of rotatable bonds is 14. The summed E-state index contributed by atoms with van der Waals surface area (Å²) in [4.78, 5) is 49.9. The fraction of sp³-hybridized carbons (Fsp3) is 0.488. The summed E-state index contributed by atoms with van der Waals surface area (Å²) in [5, 5.41) is 2.52. The van der Waals surface area contributed by atoms with Crippen LogP contribution < -0.4 is 10.6 Å². The molecule has 2 aromatic carbocycles. The summed E-state index contributed by atoms with van der Waals surface area (Å²) in [6.45, 7) is 10.3. The van der Waals surface area contributed by atoms with E-state index in [1.807, 2.05) is 32.0 Å². The van der Waals surface area contributed by atoms with Crippen molar-refractivity contribution in [1.29, 1.82) is 0 Å². The Hall–Kier alpha value is -3.77. The summed E-state index contributed by atoms with van der Waals surface area (Å²) in [5.41, 5.74) is 1.10. The molecule has 5 rings (SSSR count). The molecular formula is C41H49Cl5F3N5O8. The van der Waals surface area contributed by atoms with Gasteiger partial charge in [0.05, 0.1) is 37.8 Å². The second-order valence-corrected chi connectivity index (χ2v) is 16.5. The number of aryl methyl sites for hydroxylation is 3. The summed E-state index contributed by atoms with van der Waals surface area (Å²) in [5.74, 6) is -1.70. The van der Waals surface area contributed by atoms with Gasteiger partial charge in [0.1, 0.15) is 40.4 Å². The van der Waals surface area contributed by atoms with Crippen LogP contribution in [0.2, 0.25) is 5.02 Å². The van der Waals surface area contributed by atoms with Crippen LogP contribution in [0.3, 0.4) is 0 Å². The fourth-order valence-electron chi connectivity index (χ4n) is 6.52. The predicted octanol–water partition coefficient (Wildman–Crippen LogP) is 9.13. The number of amides is 2. The summed E-state index contributed by atoms with van der Waals surface area (Å²) in [6.07, 6.45) is 2.05. The van der Waals surface area contributed by atoms with E-state index in [0.717, 1.165) is 35.4 Å². The number of halogens is 8. The third-order valence-corrected chi connectivity index (χ3v) is 10.7. The van der Waals surface area contributed by atoms with Crippen molar-refractivity contribution in [1.82, 2.24) is 19.2 Å². The van der Waals surface area contributed by atoms with E-state index in [4.69, 9.17) is 76.6 Å². The standard InChI is InChI=1S/C15H14Cl2F3N3O3.C15H22ClNO2.C11H13Cl2NO3/c1-3-26-13(24)10(17)4-8-5-12(11(18)6-9(8)16)23-15(25)22(14(19)20)7(2)21-23;1-5-13-8-6-7-11(2)15(13)17(14(18)9-16)12(3)10-19-4;1-11(2)14(10(15)9(12)13)6-8(17-11)7-4-3-5-16-7/h5-6,10,14H,3-4H2,1-2H3;6-8,12H,5,9-10H2,1-4H3;3-5,8-9H,6H2,1-2H3. The highest BCUT2D eigenvalue weighted by atomic mass is 35.5. The summed E-state index contributed by atoms with van der Waals surface area (Å²) in [6, 6.07) is 11.7. The number of alkyl halides is 6. The number of furan rings is 1. The third kappa shape index (κ3) is 13.1. The van der Waals surface area contributed by atoms with Crippen LogP contribution in [-0.2, 0) is 41.4 Å². The van der Waals surface area contributed by atoms with Crippen molar-refractivity contribution in [2.24, 2.45) is 0 Å². The van der Waals surface area contributed by atoms with Crippen molar-refractivity contribution < 1.29 is 46.2 Å². The predicted molar refractivity (Wildman–Crippen MR) is 233 cm³/mol. The first kappa shape index (κ1) is 52.6. The highest BCUT2D eigenvalue weighted by Gasteiger charge is 2.45. The molecule has 3 heterocycles. The third-order valence-electron chi connectivity index (χ3n) is 9.38. The van der Waals surface area contributed by atoms with Crippen LogP contribution in [0, 0.1) is 19.7 Å². The SMILES string of the molecule is CC1(C)OC(c2ccco2)CN1C(=O)C(Cl)Cl.CCOC(=O)C(Cl)Cc1cc(-n2nc(C)n(C(F)F)c2=O)c(F)cc1Cl.CCc1cccc(C)c1N(C(=O)CCl)C(C)COC. The van der Waals surface area contributed by atoms with Crippen molar-refractivity contribution in [2.75, 3.05) is 37.6 Å². The lowest BCUT2D eigenvalue weighted by molar-refractivity contribution is -0.144. The van der Waals surface area contributed by atoms with E-state index < -0.39 is 40.0 Å².